The van der Waals surface area contributed by atoms with Gasteiger partial charge in [-0.15, -0.1) is 0 Å². The van der Waals surface area contributed by atoms with Crippen LogP contribution in [0.15, 0.2) is 30.7 Å². The van der Waals surface area contributed by atoms with Crippen LogP contribution in [0.25, 0.3) is 0 Å². The number of amides is 3. The van der Waals surface area contributed by atoms with Crippen LogP contribution in [0.4, 0.5) is 15.0 Å². The average molecular weight is 682 g/mol. The first kappa shape index (κ1) is 35.3. The molecule has 4 aliphatic rings. The van der Waals surface area contributed by atoms with E-state index in [2.05, 4.69) is 25.1 Å². The first-order valence-corrected chi connectivity index (χ1v) is 17.7. The first-order chi connectivity index (χ1) is 23.6. The van der Waals surface area contributed by atoms with Gasteiger partial charge in [-0.2, -0.15) is 0 Å². The second kappa shape index (κ2) is 14.7. The summed E-state index contributed by atoms with van der Waals surface area (Å²) in [6, 6.07) is 4.00. The van der Waals surface area contributed by atoms with Crippen LogP contribution in [-0.2, 0) is 9.47 Å². The third-order valence-corrected chi connectivity index (χ3v) is 11.2. The molecule has 3 amide bonds. The number of urea groups is 1. The number of rotatable bonds is 12. The molecule has 12 nitrogen and oxygen atoms in total. The number of likely N-dealkylation sites (tertiary alicyclic amines) is 1. The number of anilines is 1. The van der Waals surface area contributed by atoms with Crippen LogP contribution in [0, 0.1) is 17.2 Å². The van der Waals surface area contributed by atoms with Gasteiger partial charge in [0.25, 0.3) is 5.91 Å². The molecule has 0 atom stereocenters. The van der Waals surface area contributed by atoms with Gasteiger partial charge in [0.2, 0.25) is 0 Å². The van der Waals surface area contributed by atoms with Crippen LogP contribution < -0.4 is 15.0 Å². The van der Waals surface area contributed by atoms with Gasteiger partial charge in [-0.3, -0.25) is 4.79 Å². The molecule has 268 valence electrons. The van der Waals surface area contributed by atoms with E-state index in [0.29, 0.717) is 37.1 Å². The zero-order valence-electron chi connectivity index (χ0n) is 29.6. The lowest BCUT2D eigenvalue weighted by molar-refractivity contribution is -0.110. The SMILES string of the molecule is CCN(C(=O)c1cc(F)ccc1Oc1cncnc1N1CC2(CCN(CC3CCC4(CC3)CN(CC(OC)OC)C(=O)N4)CC2)C1)C(C)C. The lowest BCUT2D eigenvalue weighted by Crippen LogP contribution is -2.61. The van der Waals surface area contributed by atoms with Gasteiger partial charge in [-0.05, 0) is 96.5 Å². The molecule has 1 aromatic heterocycles. The van der Waals surface area contributed by atoms with Gasteiger partial charge in [0, 0.05) is 58.4 Å². The molecule has 0 bridgehead atoms. The molecule has 3 aliphatic heterocycles. The van der Waals surface area contributed by atoms with Crippen molar-refractivity contribution >= 4 is 17.8 Å². The van der Waals surface area contributed by atoms with E-state index in [9.17, 15) is 14.0 Å². The lowest BCUT2D eigenvalue weighted by atomic mass is 9.71. The summed E-state index contributed by atoms with van der Waals surface area (Å²) in [4.78, 5) is 43.2. The van der Waals surface area contributed by atoms with E-state index < -0.39 is 12.1 Å². The topological polar surface area (TPSA) is 113 Å². The number of halogens is 1. The third kappa shape index (κ3) is 7.63. The smallest absolute Gasteiger partial charge is 0.318 e. The fourth-order valence-corrected chi connectivity index (χ4v) is 8.25. The molecule has 3 saturated heterocycles. The van der Waals surface area contributed by atoms with E-state index in [1.807, 2.05) is 25.7 Å². The number of aromatic nitrogens is 2. The van der Waals surface area contributed by atoms with E-state index in [1.165, 1.54) is 24.5 Å². The number of benzene rings is 1. The lowest BCUT2D eigenvalue weighted by Gasteiger charge is -2.55. The first-order valence-electron chi connectivity index (χ1n) is 17.7. The summed E-state index contributed by atoms with van der Waals surface area (Å²) in [5.41, 5.74) is 0.288. The molecule has 4 fully saturated rings. The van der Waals surface area contributed by atoms with Crippen molar-refractivity contribution in [1.82, 2.24) is 30.0 Å². The highest BCUT2D eigenvalue weighted by molar-refractivity contribution is 5.97. The number of hydrogen-bond donors (Lipinski definition) is 1. The average Bonchev–Trinajstić information content (AvgIpc) is 3.38. The summed E-state index contributed by atoms with van der Waals surface area (Å²) in [6.45, 7) is 12.5. The van der Waals surface area contributed by atoms with Crippen LogP contribution in [0.1, 0.15) is 69.7 Å². The van der Waals surface area contributed by atoms with Crippen molar-refractivity contribution in [2.24, 2.45) is 11.3 Å². The highest BCUT2D eigenvalue weighted by Gasteiger charge is 2.48. The summed E-state index contributed by atoms with van der Waals surface area (Å²) in [6.07, 6.45) is 9.23. The van der Waals surface area contributed by atoms with E-state index in [-0.39, 0.29) is 40.2 Å². The van der Waals surface area contributed by atoms with Crippen molar-refractivity contribution in [3.63, 3.8) is 0 Å². The largest absolute Gasteiger partial charge is 0.451 e. The second-order valence-corrected chi connectivity index (χ2v) is 14.7. The Morgan fingerprint density at radius 1 is 1.08 bits per heavy atom. The molecule has 13 heteroatoms. The maximum Gasteiger partial charge on any atom is 0.318 e. The van der Waals surface area contributed by atoms with Crippen molar-refractivity contribution in [2.45, 2.75) is 77.2 Å². The van der Waals surface area contributed by atoms with Gasteiger partial charge >= 0.3 is 6.03 Å². The minimum atomic E-state index is -0.489. The third-order valence-electron chi connectivity index (χ3n) is 11.2. The molecule has 49 heavy (non-hydrogen) atoms. The van der Waals surface area contributed by atoms with Crippen LogP contribution in [0.3, 0.4) is 0 Å². The maximum absolute atomic E-state index is 14.3. The monoisotopic (exact) mass is 681 g/mol. The fraction of sp³-hybridized carbons (Fsp3) is 0.667. The van der Waals surface area contributed by atoms with Crippen LogP contribution >= 0.6 is 0 Å². The van der Waals surface area contributed by atoms with Crippen LogP contribution in [0.2, 0.25) is 0 Å². The molecule has 2 aromatic rings. The van der Waals surface area contributed by atoms with Gasteiger partial charge in [-0.25, -0.2) is 19.2 Å². The summed E-state index contributed by atoms with van der Waals surface area (Å²) in [5, 5.41) is 3.29. The quantitative estimate of drug-likeness (QED) is 0.317. The molecular weight excluding hydrogens is 629 g/mol. The standard InChI is InChI=1S/C36H52FN7O5/c1-6-44(25(2)3)33(45)28-17-27(37)7-8-29(28)49-30-18-38-24-39-32(30)43-21-35(22-43)13-15-41(16-14-35)19-26-9-11-36(12-10-26)23-42(34(46)40-36)20-31(47-4)48-5/h7-8,17-18,24-26,31H,6,9-16,19-23H2,1-5H3,(H,40,46). The summed E-state index contributed by atoms with van der Waals surface area (Å²) in [5.74, 6) is 1.31. The van der Waals surface area contributed by atoms with Gasteiger partial charge in [0.15, 0.2) is 17.9 Å². The predicted molar refractivity (Wildman–Crippen MR) is 183 cm³/mol. The zero-order chi connectivity index (χ0) is 34.8. The Hall–Kier alpha value is -3.55. The summed E-state index contributed by atoms with van der Waals surface area (Å²) in [7, 11) is 3.20. The normalized spacial score (nSPS) is 23.8. The number of ether oxygens (including phenoxy) is 3. The van der Waals surface area contributed by atoms with Crippen LogP contribution in [-0.4, -0.2) is 121 Å². The number of carbonyl (C=O) groups is 2. The Kier molecular flexibility index (Phi) is 10.6. The van der Waals surface area contributed by atoms with Gasteiger partial charge in [0.1, 0.15) is 17.9 Å². The molecule has 0 radical (unpaired) electrons. The number of methoxy groups -OCH3 is 2. The number of nitrogens with zero attached hydrogens (tertiary/aromatic N) is 6. The number of carbonyl (C=O) groups excluding carboxylic acids is 2. The minimum absolute atomic E-state index is 0.0191. The molecular formula is C36H52FN7O5. The van der Waals surface area contributed by atoms with Gasteiger partial charge in [-0.1, -0.05) is 0 Å². The Labute approximate surface area is 289 Å². The fourth-order valence-electron chi connectivity index (χ4n) is 8.25. The molecule has 0 unspecified atom stereocenters. The number of hydrogen-bond acceptors (Lipinski definition) is 9. The summed E-state index contributed by atoms with van der Waals surface area (Å²) >= 11 is 0. The Morgan fingerprint density at radius 2 is 1.80 bits per heavy atom. The van der Waals surface area contributed by atoms with Gasteiger partial charge < -0.3 is 39.1 Å². The molecule has 2 spiro atoms. The predicted octanol–water partition coefficient (Wildman–Crippen LogP) is 4.75. The minimum Gasteiger partial charge on any atom is -0.451 e. The molecule has 1 aromatic carbocycles. The van der Waals surface area contributed by atoms with Crippen molar-refractivity contribution in [1.29, 1.82) is 0 Å². The Balaban J connectivity index is 1.00. The number of piperidine rings is 1. The van der Waals surface area contributed by atoms with E-state index in [0.717, 1.165) is 71.2 Å². The van der Waals surface area contributed by atoms with Crippen LogP contribution in [0.5, 0.6) is 11.5 Å². The van der Waals surface area contributed by atoms with Crippen molar-refractivity contribution < 1.29 is 28.2 Å². The molecule has 1 saturated carbocycles. The summed E-state index contributed by atoms with van der Waals surface area (Å²) < 4.78 is 31.2. The second-order valence-electron chi connectivity index (χ2n) is 14.7. The van der Waals surface area contributed by atoms with Crippen molar-refractivity contribution in [3.8, 4) is 11.5 Å². The molecule has 1 aliphatic carbocycles. The van der Waals surface area contributed by atoms with Crippen molar-refractivity contribution in [2.75, 3.05) is 71.5 Å². The van der Waals surface area contributed by atoms with E-state index >= 15 is 0 Å². The number of nitrogens with one attached hydrogen (secondary N) is 1. The van der Waals surface area contributed by atoms with E-state index in [1.54, 1.807) is 25.3 Å². The highest BCUT2D eigenvalue weighted by atomic mass is 19.1. The molecule has 1 N–H and O–H groups in total. The molecule has 4 heterocycles. The zero-order valence-corrected chi connectivity index (χ0v) is 29.6. The van der Waals surface area contributed by atoms with E-state index in [4.69, 9.17) is 14.2 Å². The Morgan fingerprint density at radius 3 is 2.45 bits per heavy atom. The Bertz CT molecular complexity index is 1470. The highest BCUT2D eigenvalue weighted by Crippen LogP contribution is 2.45. The maximum atomic E-state index is 14.3. The van der Waals surface area contributed by atoms with Gasteiger partial charge in [0.05, 0.1) is 23.8 Å². The molecule has 6 rings (SSSR count). The van der Waals surface area contributed by atoms with Crippen molar-refractivity contribution in [3.05, 3.63) is 42.1 Å².